The Bertz CT molecular complexity index is 505. The second-order valence-electron chi connectivity index (χ2n) is 5.80. The Labute approximate surface area is 154 Å². The molecule has 1 rings (SSSR count). The molecule has 5 N–H and O–H groups in total. The Balaban J connectivity index is 0.00000141. The summed E-state index contributed by atoms with van der Waals surface area (Å²) >= 11 is 0. The van der Waals surface area contributed by atoms with Gasteiger partial charge in [-0.15, -0.1) is 9.79 Å². The highest BCUT2D eigenvalue weighted by atomic mass is 31.1. The molecule has 0 radical (unpaired) electrons. The Morgan fingerprint density at radius 3 is 2.31 bits per heavy atom. The SMILES string of the molecule is CCOC(=O)C1=C[C@@H](OC(CC)CC)[C@H](NC(C)=O)[C@@H](N)C1.O=[P+](O)O. The maximum Gasteiger partial charge on any atom is 0.692 e. The van der Waals surface area contributed by atoms with Crippen LogP contribution < -0.4 is 11.1 Å². The summed E-state index contributed by atoms with van der Waals surface area (Å²) in [5, 5.41) is 2.84. The van der Waals surface area contributed by atoms with Gasteiger partial charge in [-0.3, -0.25) is 4.79 Å². The molecule has 0 aromatic rings. The van der Waals surface area contributed by atoms with Gasteiger partial charge in [0.2, 0.25) is 5.91 Å². The molecule has 0 saturated heterocycles. The van der Waals surface area contributed by atoms with E-state index in [1.807, 2.05) is 13.8 Å². The molecule has 0 saturated carbocycles. The molecule has 1 aliphatic rings. The van der Waals surface area contributed by atoms with Crippen LogP contribution in [0.3, 0.4) is 0 Å². The maximum absolute atomic E-state index is 12.0. The molecule has 0 fully saturated rings. The molecule has 0 unspecified atom stereocenters. The van der Waals surface area contributed by atoms with E-state index in [9.17, 15) is 9.59 Å². The first kappa shape index (κ1) is 24.6. The number of carbonyl (C=O) groups excluding carboxylic acids is 2. The fourth-order valence-corrected chi connectivity index (χ4v) is 2.62. The van der Waals surface area contributed by atoms with Crippen molar-refractivity contribution in [2.75, 3.05) is 6.61 Å². The van der Waals surface area contributed by atoms with Crippen LogP contribution in [-0.4, -0.2) is 52.6 Å². The van der Waals surface area contributed by atoms with Crippen molar-refractivity contribution >= 4 is 20.1 Å². The van der Waals surface area contributed by atoms with Crippen LogP contribution in [0.4, 0.5) is 0 Å². The number of amides is 1. The molecule has 0 heterocycles. The average molecular weight is 393 g/mol. The smallest absolute Gasteiger partial charge is 0.463 e. The van der Waals surface area contributed by atoms with Crippen molar-refractivity contribution in [2.45, 2.75) is 71.2 Å². The van der Waals surface area contributed by atoms with Crippen LogP contribution in [-0.2, 0) is 23.6 Å². The third kappa shape index (κ3) is 9.35. The van der Waals surface area contributed by atoms with Gasteiger partial charge >= 0.3 is 14.2 Å². The van der Waals surface area contributed by atoms with Crippen LogP contribution in [0.25, 0.3) is 0 Å². The first-order chi connectivity index (χ1) is 12.2. The number of hydrogen-bond acceptors (Lipinski definition) is 6. The molecule has 9 nitrogen and oxygen atoms in total. The molecule has 0 aromatic carbocycles. The van der Waals surface area contributed by atoms with Crippen LogP contribution >= 0.6 is 8.25 Å². The van der Waals surface area contributed by atoms with E-state index in [-0.39, 0.29) is 30.1 Å². The number of esters is 1. The lowest BCUT2D eigenvalue weighted by Crippen LogP contribution is -2.57. The summed E-state index contributed by atoms with van der Waals surface area (Å²) in [6, 6.07) is -0.719. The van der Waals surface area contributed by atoms with Gasteiger partial charge in [0, 0.05) is 23.1 Å². The second-order valence-corrected chi connectivity index (χ2v) is 6.30. The Morgan fingerprint density at radius 2 is 1.88 bits per heavy atom. The summed E-state index contributed by atoms with van der Waals surface area (Å²) in [4.78, 5) is 37.6. The summed E-state index contributed by atoms with van der Waals surface area (Å²) in [5.41, 5.74) is 6.68. The number of rotatable bonds is 7. The van der Waals surface area contributed by atoms with Gasteiger partial charge in [0.1, 0.15) is 0 Å². The molecule has 0 bridgehead atoms. The fourth-order valence-electron chi connectivity index (χ4n) is 2.62. The van der Waals surface area contributed by atoms with Crippen LogP contribution in [0.5, 0.6) is 0 Å². The third-order valence-electron chi connectivity index (χ3n) is 3.80. The second kappa shape index (κ2) is 12.9. The summed E-state index contributed by atoms with van der Waals surface area (Å²) in [6.07, 6.45) is 3.48. The molecule has 0 spiro atoms. The number of nitrogens with two attached hydrogens (primary N) is 1. The standard InChI is InChI=1S/C16H28N2O4.HO3P/c1-5-12(6-2)22-14-9-11(16(20)21-7-3)8-13(17)15(14)18-10(4)19;1-4(2)3/h9,12-15H,5-8,17H2,1-4H3,(H,18,19);(H-,1,2,3)/p+1/t13-,14+,15+;/m0./s1. The number of nitrogens with one attached hydrogen (secondary N) is 1. The summed E-state index contributed by atoms with van der Waals surface area (Å²) in [5.74, 6) is -0.524. The van der Waals surface area contributed by atoms with Gasteiger partial charge in [0.05, 0.1) is 24.9 Å². The van der Waals surface area contributed by atoms with Crippen molar-refractivity contribution in [1.29, 1.82) is 0 Å². The number of ether oxygens (including phenoxy) is 2. The summed E-state index contributed by atoms with van der Waals surface area (Å²) in [7, 11) is -2.87. The lowest BCUT2D eigenvalue weighted by atomic mass is 9.88. The van der Waals surface area contributed by atoms with E-state index in [0.717, 1.165) is 12.8 Å². The van der Waals surface area contributed by atoms with Crippen molar-refractivity contribution in [3.63, 3.8) is 0 Å². The molecule has 150 valence electrons. The van der Waals surface area contributed by atoms with Gasteiger partial charge in [-0.1, -0.05) is 13.8 Å². The highest BCUT2D eigenvalue weighted by Gasteiger charge is 2.35. The minimum absolute atomic E-state index is 0.0613. The van der Waals surface area contributed by atoms with Gasteiger partial charge in [-0.25, -0.2) is 4.79 Å². The monoisotopic (exact) mass is 393 g/mol. The Hall–Kier alpha value is -1.38. The minimum Gasteiger partial charge on any atom is -0.463 e. The van der Waals surface area contributed by atoms with Gasteiger partial charge in [0.15, 0.2) is 0 Å². The first-order valence-electron chi connectivity index (χ1n) is 8.57. The van der Waals surface area contributed by atoms with Crippen molar-refractivity contribution < 1.29 is 33.4 Å². The molecule has 1 aliphatic carbocycles. The van der Waals surface area contributed by atoms with E-state index >= 15 is 0 Å². The van der Waals surface area contributed by atoms with Crippen LogP contribution in [0.2, 0.25) is 0 Å². The fraction of sp³-hybridized carbons (Fsp3) is 0.750. The van der Waals surface area contributed by atoms with Crippen molar-refractivity contribution in [2.24, 2.45) is 5.73 Å². The molecule has 0 aromatic heterocycles. The van der Waals surface area contributed by atoms with E-state index in [2.05, 4.69) is 5.32 Å². The zero-order chi connectivity index (χ0) is 20.3. The molecule has 26 heavy (non-hydrogen) atoms. The zero-order valence-electron chi connectivity index (χ0n) is 15.7. The molecule has 3 atom stereocenters. The van der Waals surface area contributed by atoms with E-state index in [1.54, 1.807) is 13.0 Å². The van der Waals surface area contributed by atoms with Crippen molar-refractivity contribution in [1.82, 2.24) is 5.32 Å². The lowest BCUT2D eigenvalue weighted by molar-refractivity contribution is -0.139. The van der Waals surface area contributed by atoms with Crippen LogP contribution in [0.15, 0.2) is 11.6 Å². The van der Waals surface area contributed by atoms with E-state index in [0.29, 0.717) is 18.6 Å². The first-order valence-corrected chi connectivity index (χ1v) is 9.73. The third-order valence-corrected chi connectivity index (χ3v) is 3.80. The van der Waals surface area contributed by atoms with Gasteiger partial charge in [-0.2, -0.15) is 0 Å². The van der Waals surface area contributed by atoms with Gasteiger partial charge in [-0.05, 0) is 32.3 Å². The molecule has 10 heteroatoms. The van der Waals surface area contributed by atoms with E-state index < -0.39 is 14.4 Å². The average Bonchev–Trinajstić information content (AvgIpc) is 2.54. The normalized spacial score (nSPS) is 22.0. The van der Waals surface area contributed by atoms with Crippen LogP contribution in [0.1, 0.15) is 47.0 Å². The molecular weight excluding hydrogens is 363 g/mol. The van der Waals surface area contributed by atoms with Gasteiger partial charge in [0.25, 0.3) is 0 Å². The summed E-state index contributed by atoms with van der Waals surface area (Å²) < 4.78 is 19.8. The molecular formula is C16H30N2O7P+. The van der Waals surface area contributed by atoms with Crippen molar-refractivity contribution in [3.8, 4) is 0 Å². The Kier molecular flexibility index (Phi) is 12.2. The lowest BCUT2D eigenvalue weighted by Gasteiger charge is -2.36. The predicted molar refractivity (Wildman–Crippen MR) is 96.2 cm³/mol. The van der Waals surface area contributed by atoms with Gasteiger partial charge < -0.3 is 20.5 Å². The number of hydrogen-bond donors (Lipinski definition) is 4. The Morgan fingerprint density at radius 1 is 1.35 bits per heavy atom. The largest absolute Gasteiger partial charge is 0.692 e. The maximum atomic E-state index is 12.0. The molecule has 0 aliphatic heterocycles. The highest BCUT2D eigenvalue weighted by molar-refractivity contribution is 7.30. The zero-order valence-corrected chi connectivity index (χ0v) is 16.6. The van der Waals surface area contributed by atoms with Crippen molar-refractivity contribution in [3.05, 3.63) is 11.6 Å². The van der Waals surface area contributed by atoms with E-state index in [1.165, 1.54) is 6.92 Å². The summed E-state index contributed by atoms with van der Waals surface area (Å²) in [6.45, 7) is 7.62. The van der Waals surface area contributed by atoms with E-state index in [4.69, 9.17) is 29.6 Å². The number of carbonyl (C=O) groups is 2. The predicted octanol–water partition coefficient (Wildman–Crippen LogP) is 0.914. The molecule has 1 amide bonds. The topological polar surface area (TPSA) is 148 Å². The van der Waals surface area contributed by atoms with Crippen LogP contribution in [0, 0.1) is 0 Å². The highest BCUT2D eigenvalue weighted by Crippen LogP contribution is 2.24. The minimum atomic E-state index is -2.87. The quantitative estimate of drug-likeness (QED) is 0.368.